The van der Waals surface area contributed by atoms with Gasteiger partial charge in [-0.3, -0.25) is 0 Å². The molecule has 1 atom stereocenters. The lowest BCUT2D eigenvalue weighted by molar-refractivity contribution is -0.00126. The van der Waals surface area contributed by atoms with Crippen molar-refractivity contribution in [3.8, 4) is 23.0 Å². The number of ether oxygens (including phenoxy) is 3. The van der Waals surface area contributed by atoms with E-state index < -0.39 is 0 Å². The van der Waals surface area contributed by atoms with E-state index in [2.05, 4.69) is 17.1 Å². The van der Waals surface area contributed by atoms with E-state index in [4.69, 9.17) is 18.6 Å². The number of hydrogen-bond acceptors (Lipinski definition) is 6. The SMILES string of the molecule is CCCCOc1ccc(-c2nnc([C@@H]3CCCCO3)o2)cc1OC. The summed E-state index contributed by atoms with van der Waals surface area (Å²) in [7, 11) is 1.63. The molecule has 0 radical (unpaired) electrons. The van der Waals surface area contributed by atoms with Crippen LogP contribution in [0.5, 0.6) is 11.5 Å². The number of hydrogen-bond donors (Lipinski definition) is 0. The predicted octanol–water partition coefficient (Wildman–Crippen LogP) is 4.17. The van der Waals surface area contributed by atoms with Gasteiger partial charge in [0, 0.05) is 12.2 Å². The average Bonchev–Trinajstić information content (AvgIpc) is 3.13. The second kappa shape index (κ2) is 8.15. The zero-order valence-corrected chi connectivity index (χ0v) is 14.3. The Bertz CT molecular complexity index is 650. The van der Waals surface area contributed by atoms with Crippen LogP contribution in [0.4, 0.5) is 0 Å². The first kappa shape index (κ1) is 16.8. The normalized spacial score (nSPS) is 17.7. The molecule has 0 spiro atoms. The summed E-state index contributed by atoms with van der Waals surface area (Å²) < 4.78 is 22.7. The minimum Gasteiger partial charge on any atom is -0.493 e. The smallest absolute Gasteiger partial charge is 0.248 e. The molecule has 1 aliphatic rings. The molecule has 1 fully saturated rings. The lowest BCUT2D eigenvalue weighted by Crippen LogP contribution is -2.11. The van der Waals surface area contributed by atoms with Gasteiger partial charge in [-0.15, -0.1) is 10.2 Å². The summed E-state index contributed by atoms with van der Waals surface area (Å²) in [6, 6.07) is 5.65. The zero-order chi connectivity index (χ0) is 16.8. The molecule has 24 heavy (non-hydrogen) atoms. The van der Waals surface area contributed by atoms with Crippen LogP contribution in [0, 0.1) is 0 Å². The van der Waals surface area contributed by atoms with Crippen LogP contribution in [0.25, 0.3) is 11.5 Å². The van der Waals surface area contributed by atoms with Crippen LogP contribution < -0.4 is 9.47 Å². The van der Waals surface area contributed by atoms with Crippen LogP contribution >= 0.6 is 0 Å². The second-order valence-corrected chi connectivity index (χ2v) is 5.87. The van der Waals surface area contributed by atoms with Gasteiger partial charge in [0.15, 0.2) is 11.5 Å². The molecule has 1 saturated heterocycles. The van der Waals surface area contributed by atoms with Crippen molar-refractivity contribution in [3.05, 3.63) is 24.1 Å². The summed E-state index contributed by atoms with van der Waals surface area (Å²) in [5.74, 6) is 2.41. The average molecular weight is 332 g/mol. The highest BCUT2D eigenvalue weighted by Crippen LogP contribution is 2.34. The van der Waals surface area contributed by atoms with E-state index in [1.807, 2.05) is 18.2 Å². The van der Waals surface area contributed by atoms with E-state index in [9.17, 15) is 0 Å². The van der Waals surface area contributed by atoms with Gasteiger partial charge in [0.05, 0.1) is 13.7 Å². The Morgan fingerprint density at radius 3 is 2.88 bits per heavy atom. The molecular formula is C18H24N2O4. The van der Waals surface area contributed by atoms with E-state index in [-0.39, 0.29) is 6.10 Å². The molecule has 0 saturated carbocycles. The molecule has 2 heterocycles. The van der Waals surface area contributed by atoms with Crippen molar-refractivity contribution in [2.75, 3.05) is 20.3 Å². The molecule has 0 N–H and O–H groups in total. The maximum Gasteiger partial charge on any atom is 0.248 e. The van der Waals surface area contributed by atoms with Crippen LogP contribution in [0.1, 0.15) is 51.0 Å². The van der Waals surface area contributed by atoms with Crippen LogP contribution in [-0.4, -0.2) is 30.5 Å². The Hall–Kier alpha value is -2.08. The Morgan fingerprint density at radius 1 is 1.21 bits per heavy atom. The van der Waals surface area contributed by atoms with Crippen molar-refractivity contribution in [2.45, 2.75) is 45.1 Å². The molecule has 0 bridgehead atoms. The standard InChI is InChI=1S/C18H24N2O4/c1-3-4-10-22-14-9-8-13(12-16(14)21-2)17-19-20-18(24-17)15-7-5-6-11-23-15/h8-9,12,15H,3-7,10-11H2,1-2H3/t15-/m0/s1. The molecular weight excluding hydrogens is 308 g/mol. The van der Waals surface area contributed by atoms with E-state index in [1.54, 1.807) is 7.11 Å². The molecule has 1 aliphatic heterocycles. The molecule has 0 unspecified atom stereocenters. The highest BCUT2D eigenvalue weighted by atomic mass is 16.5. The number of nitrogens with zero attached hydrogens (tertiary/aromatic N) is 2. The topological polar surface area (TPSA) is 66.6 Å². The van der Waals surface area contributed by atoms with Crippen LogP contribution in [-0.2, 0) is 4.74 Å². The summed E-state index contributed by atoms with van der Waals surface area (Å²) in [4.78, 5) is 0. The van der Waals surface area contributed by atoms with E-state index in [1.165, 1.54) is 0 Å². The summed E-state index contributed by atoms with van der Waals surface area (Å²) in [6.07, 6.45) is 5.16. The third-order valence-corrected chi connectivity index (χ3v) is 4.06. The lowest BCUT2D eigenvalue weighted by atomic mass is 10.1. The molecule has 6 heteroatoms. The molecule has 0 amide bonds. The number of benzene rings is 1. The Balaban J connectivity index is 1.75. The first-order valence-electron chi connectivity index (χ1n) is 8.58. The van der Waals surface area contributed by atoms with Gasteiger partial charge in [-0.2, -0.15) is 0 Å². The van der Waals surface area contributed by atoms with Crippen molar-refractivity contribution in [3.63, 3.8) is 0 Å². The summed E-state index contributed by atoms with van der Waals surface area (Å²) in [6.45, 7) is 3.56. The van der Waals surface area contributed by atoms with E-state index in [0.717, 1.165) is 50.0 Å². The third-order valence-electron chi connectivity index (χ3n) is 4.06. The van der Waals surface area contributed by atoms with Gasteiger partial charge in [0.25, 0.3) is 0 Å². The lowest BCUT2D eigenvalue weighted by Gasteiger charge is -2.18. The summed E-state index contributed by atoms with van der Waals surface area (Å²) in [5.41, 5.74) is 0.809. The highest BCUT2D eigenvalue weighted by molar-refractivity contribution is 5.59. The highest BCUT2D eigenvalue weighted by Gasteiger charge is 2.22. The maximum atomic E-state index is 5.80. The Labute approximate surface area is 142 Å². The molecule has 0 aliphatic carbocycles. The minimum absolute atomic E-state index is 0.0847. The molecule has 1 aromatic carbocycles. The third kappa shape index (κ3) is 3.87. The molecule has 3 rings (SSSR count). The zero-order valence-electron chi connectivity index (χ0n) is 14.3. The summed E-state index contributed by atoms with van der Waals surface area (Å²) in [5, 5.41) is 8.29. The predicted molar refractivity (Wildman–Crippen MR) is 89.2 cm³/mol. The number of rotatable bonds is 7. The Morgan fingerprint density at radius 2 is 2.12 bits per heavy atom. The van der Waals surface area contributed by atoms with Crippen molar-refractivity contribution < 1.29 is 18.6 Å². The van der Waals surface area contributed by atoms with Gasteiger partial charge < -0.3 is 18.6 Å². The second-order valence-electron chi connectivity index (χ2n) is 5.87. The van der Waals surface area contributed by atoms with Crippen molar-refractivity contribution in [1.82, 2.24) is 10.2 Å². The van der Waals surface area contributed by atoms with Crippen LogP contribution in [0.3, 0.4) is 0 Å². The fourth-order valence-corrected chi connectivity index (χ4v) is 2.66. The van der Waals surface area contributed by atoms with Gasteiger partial charge >= 0.3 is 0 Å². The monoisotopic (exact) mass is 332 g/mol. The minimum atomic E-state index is -0.0847. The maximum absolute atomic E-state index is 5.80. The van der Waals surface area contributed by atoms with Gasteiger partial charge in [-0.05, 0) is 43.9 Å². The van der Waals surface area contributed by atoms with Gasteiger partial charge in [0.1, 0.15) is 6.10 Å². The Kier molecular flexibility index (Phi) is 5.69. The molecule has 6 nitrogen and oxygen atoms in total. The van der Waals surface area contributed by atoms with Gasteiger partial charge in [-0.1, -0.05) is 13.3 Å². The molecule has 2 aromatic rings. The molecule has 1 aromatic heterocycles. The van der Waals surface area contributed by atoms with Gasteiger partial charge in [-0.25, -0.2) is 0 Å². The number of aromatic nitrogens is 2. The first-order chi connectivity index (χ1) is 11.8. The fourth-order valence-electron chi connectivity index (χ4n) is 2.66. The number of unbranched alkanes of at least 4 members (excludes halogenated alkanes) is 1. The van der Waals surface area contributed by atoms with Gasteiger partial charge in [0.2, 0.25) is 11.8 Å². The van der Waals surface area contributed by atoms with Crippen molar-refractivity contribution in [2.24, 2.45) is 0 Å². The van der Waals surface area contributed by atoms with Crippen LogP contribution in [0.15, 0.2) is 22.6 Å². The first-order valence-corrected chi connectivity index (χ1v) is 8.58. The fraction of sp³-hybridized carbons (Fsp3) is 0.556. The van der Waals surface area contributed by atoms with E-state index >= 15 is 0 Å². The molecule has 130 valence electrons. The largest absolute Gasteiger partial charge is 0.493 e. The van der Waals surface area contributed by atoms with Crippen LogP contribution in [0.2, 0.25) is 0 Å². The summed E-state index contributed by atoms with van der Waals surface area (Å²) >= 11 is 0. The van der Waals surface area contributed by atoms with Crippen molar-refractivity contribution >= 4 is 0 Å². The number of methoxy groups -OCH3 is 1. The van der Waals surface area contributed by atoms with Crippen molar-refractivity contribution in [1.29, 1.82) is 0 Å². The van der Waals surface area contributed by atoms with E-state index in [0.29, 0.717) is 24.1 Å². The quantitative estimate of drug-likeness (QED) is 0.709.